The number of nitrogens with zero attached hydrogens (tertiary/aromatic N) is 1. The molecule has 110 valence electrons. The highest BCUT2D eigenvalue weighted by Crippen LogP contribution is 2.48. The van der Waals surface area contributed by atoms with Gasteiger partial charge in [0.05, 0.1) is 0 Å². The van der Waals surface area contributed by atoms with E-state index < -0.39 is 0 Å². The second-order valence-corrected chi connectivity index (χ2v) is 8.69. The van der Waals surface area contributed by atoms with Crippen LogP contribution in [0.4, 0.5) is 0 Å². The van der Waals surface area contributed by atoms with Crippen LogP contribution in [0.1, 0.15) is 46.5 Å². The van der Waals surface area contributed by atoms with Crippen LogP contribution in [0.5, 0.6) is 0 Å². The Morgan fingerprint density at radius 3 is 2.42 bits per heavy atom. The van der Waals surface area contributed by atoms with Crippen LogP contribution in [0.25, 0.3) is 0 Å². The van der Waals surface area contributed by atoms with Gasteiger partial charge in [0.1, 0.15) is 0 Å². The predicted molar refractivity (Wildman–Crippen MR) is 84.8 cm³/mol. The van der Waals surface area contributed by atoms with Crippen molar-refractivity contribution in [3.05, 3.63) is 0 Å². The summed E-state index contributed by atoms with van der Waals surface area (Å²) in [4.78, 5) is 2.85. The molecule has 1 heterocycles. The van der Waals surface area contributed by atoms with Crippen molar-refractivity contribution in [3.8, 4) is 0 Å². The van der Waals surface area contributed by atoms with Gasteiger partial charge in [-0.05, 0) is 57.1 Å². The summed E-state index contributed by atoms with van der Waals surface area (Å²) in [5, 5.41) is 3.94. The zero-order chi connectivity index (χ0) is 13.5. The minimum Gasteiger partial charge on any atom is -0.308 e. The monoisotopic (exact) mass is 282 g/mol. The molecule has 3 fully saturated rings. The van der Waals surface area contributed by atoms with E-state index in [0.29, 0.717) is 11.1 Å². The van der Waals surface area contributed by atoms with Crippen LogP contribution in [-0.2, 0) is 0 Å². The standard InChI is InChI=1S/C16H30N2S/c1-4-19-10-9-18-12-15(2,13-5-6-13)17-11-16(18,3)14-7-8-14/h13-14,17H,4-12H2,1-3H3. The molecule has 0 aromatic rings. The largest absolute Gasteiger partial charge is 0.308 e. The van der Waals surface area contributed by atoms with Crippen molar-refractivity contribution in [3.63, 3.8) is 0 Å². The lowest BCUT2D eigenvalue weighted by atomic mass is 9.83. The van der Waals surface area contributed by atoms with Gasteiger partial charge in [-0.15, -0.1) is 0 Å². The van der Waals surface area contributed by atoms with Gasteiger partial charge >= 0.3 is 0 Å². The molecular formula is C16H30N2S. The number of rotatable bonds is 6. The maximum Gasteiger partial charge on any atom is 0.0335 e. The quantitative estimate of drug-likeness (QED) is 0.754. The van der Waals surface area contributed by atoms with Gasteiger partial charge in [-0.2, -0.15) is 11.8 Å². The van der Waals surface area contributed by atoms with E-state index in [4.69, 9.17) is 0 Å². The van der Waals surface area contributed by atoms with E-state index in [1.807, 2.05) is 0 Å². The topological polar surface area (TPSA) is 15.3 Å². The van der Waals surface area contributed by atoms with Crippen LogP contribution in [0.15, 0.2) is 0 Å². The molecule has 19 heavy (non-hydrogen) atoms. The van der Waals surface area contributed by atoms with Crippen molar-refractivity contribution < 1.29 is 0 Å². The number of thioether (sulfide) groups is 1. The molecule has 2 nitrogen and oxygen atoms in total. The van der Waals surface area contributed by atoms with Crippen LogP contribution in [0.3, 0.4) is 0 Å². The highest BCUT2D eigenvalue weighted by atomic mass is 32.2. The minimum absolute atomic E-state index is 0.394. The fraction of sp³-hybridized carbons (Fsp3) is 1.00. The fourth-order valence-corrected chi connectivity index (χ4v) is 4.52. The first-order valence-electron chi connectivity index (χ1n) is 8.16. The van der Waals surface area contributed by atoms with Gasteiger partial charge in [0, 0.05) is 36.5 Å². The van der Waals surface area contributed by atoms with E-state index in [2.05, 4.69) is 42.7 Å². The summed E-state index contributed by atoms with van der Waals surface area (Å²) >= 11 is 2.10. The molecule has 1 N–H and O–H groups in total. The molecule has 1 aliphatic heterocycles. The normalized spacial score (nSPS) is 40.6. The van der Waals surface area contributed by atoms with E-state index in [9.17, 15) is 0 Å². The highest BCUT2D eigenvalue weighted by molar-refractivity contribution is 7.99. The summed E-state index contributed by atoms with van der Waals surface area (Å²) in [6, 6.07) is 0. The summed E-state index contributed by atoms with van der Waals surface area (Å²) < 4.78 is 0. The smallest absolute Gasteiger partial charge is 0.0335 e. The van der Waals surface area contributed by atoms with Crippen molar-refractivity contribution in [1.82, 2.24) is 10.2 Å². The molecule has 3 rings (SSSR count). The Morgan fingerprint density at radius 2 is 1.84 bits per heavy atom. The lowest BCUT2D eigenvalue weighted by Gasteiger charge is -2.53. The lowest BCUT2D eigenvalue weighted by molar-refractivity contribution is 0.00421. The first-order chi connectivity index (χ1) is 9.08. The Kier molecular flexibility index (Phi) is 3.92. The molecule has 2 unspecified atom stereocenters. The summed E-state index contributed by atoms with van der Waals surface area (Å²) in [5.74, 6) is 4.46. The molecule has 0 spiro atoms. The van der Waals surface area contributed by atoms with Crippen molar-refractivity contribution in [2.45, 2.75) is 57.5 Å². The van der Waals surface area contributed by atoms with E-state index in [1.54, 1.807) is 0 Å². The third-order valence-corrected chi connectivity index (χ3v) is 6.62. The number of nitrogens with one attached hydrogen (secondary N) is 1. The van der Waals surface area contributed by atoms with Crippen LogP contribution in [0.2, 0.25) is 0 Å². The first-order valence-corrected chi connectivity index (χ1v) is 9.32. The molecular weight excluding hydrogens is 252 g/mol. The van der Waals surface area contributed by atoms with E-state index >= 15 is 0 Å². The van der Waals surface area contributed by atoms with E-state index in [-0.39, 0.29) is 0 Å². The average molecular weight is 282 g/mol. The van der Waals surface area contributed by atoms with Crippen LogP contribution in [-0.4, -0.2) is 47.1 Å². The van der Waals surface area contributed by atoms with Gasteiger partial charge in [0.25, 0.3) is 0 Å². The average Bonchev–Trinajstić information content (AvgIpc) is 3.25. The Balaban J connectivity index is 1.67. The lowest BCUT2D eigenvalue weighted by Crippen LogP contribution is -2.70. The van der Waals surface area contributed by atoms with Crippen molar-refractivity contribution in [2.75, 3.05) is 31.1 Å². The van der Waals surface area contributed by atoms with Crippen LogP contribution < -0.4 is 5.32 Å². The third kappa shape index (κ3) is 2.84. The minimum atomic E-state index is 0.394. The van der Waals surface area contributed by atoms with Gasteiger partial charge in [-0.25, -0.2) is 0 Å². The van der Waals surface area contributed by atoms with Gasteiger partial charge in [0.15, 0.2) is 0 Å². The summed E-state index contributed by atoms with van der Waals surface area (Å²) in [5.41, 5.74) is 0.827. The molecule has 0 radical (unpaired) electrons. The molecule has 0 bridgehead atoms. The first kappa shape index (κ1) is 14.2. The van der Waals surface area contributed by atoms with E-state index in [0.717, 1.165) is 11.8 Å². The second kappa shape index (κ2) is 5.23. The molecule has 3 heteroatoms. The Hall–Kier alpha value is 0.270. The molecule has 1 saturated heterocycles. The molecule has 0 aromatic carbocycles. The number of hydrogen-bond acceptors (Lipinski definition) is 3. The SMILES string of the molecule is CCSCCN1CC(C)(C2CC2)NCC1(C)C1CC1. The molecule has 2 saturated carbocycles. The molecule has 2 atom stereocenters. The van der Waals surface area contributed by atoms with Crippen molar-refractivity contribution in [1.29, 1.82) is 0 Å². The highest BCUT2D eigenvalue weighted by Gasteiger charge is 2.53. The zero-order valence-corrected chi connectivity index (χ0v) is 13.7. The summed E-state index contributed by atoms with van der Waals surface area (Å²) in [6.07, 6.45) is 5.80. The van der Waals surface area contributed by atoms with Crippen LogP contribution in [0, 0.1) is 11.8 Å². The molecule has 3 aliphatic rings. The third-order valence-electron chi connectivity index (χ3n) is 5.74. The number of hydrogen-bond donors (Lipinski definition) is 1. The molecule has 2 aliphatic carbocycles. The van der Waals surface area contributed by atoms with Crippen LogP contribution >= 0.6 is 11.8 Å². The number of piperazine rings is 1. The van der Waals surface area contributed by atoms with Gasteiger partial charge in [-0.3, -0.25) is 4.90 Å². The Labute approximate surface area is 123 Å². The fourth-order valence-electron chi connectivity index (χ4n) is 3.88. The maximum atomic E-state index is 3.94. The summed E-state index contributed by atoms with van der Waals surface area (Å²) in [6.45, 7) is 11.0. The predicted octanol–water partition coefficient (Wildman–Crippen LogP) is 2.98. The van der Waals surface area contributed by atoms with Gasteiger partial charge < -0.3 is 5.32 Å². The Morgan fingerprint density at radius 1 is 1.16 bits per heavy atom. The second-order valence-electron chi connectivity index (χ2n) is 7.30. The van der Waals surface area contributed by atoms with Gasteiger partial charge in [0.2, 0.25) is 0 Å². The summed E-state index contributed by atoms with van der Waals surface area (Å²) in [7, 11) is 0. The van der Waals surface area contributed by atoms with Gasteiger partial charge in [-0.1, -0.05) is 6.92 Å². The van der Waals surface area contributed by atoms with Crippen molar-refractivity contribution >= 4 is 11.8 Å². The maximum absolute atomic E-state index is 3.94. The molecule has 0 amide bonds. The van der Waals surface area contributed by atoms with Crippen molar-refractivity contribution in [2.24, 2.45) is 11.8 Å². The Bertz CT molecular complexity index is 327. The zero-order valence-electron chi connectivity index (χ0n) is 12.9. The molecule has 0 aromatic heterocycles. The van der Waals surface area contributed by atoms with E-state index in [1.165, 1.54) is 56.8 Å².